The van der Waals surface area contributed by atoms with Gasteiger partial charge in [-0.15, -0.1) is 0 Å². The highest BCUT2D eigenvalue weighted by atomic mass is 19.1. The molecule has 20 heavy (non-hydrogen) atoms. The van der Waals surface area contributed by atoms with Crippen molar-refractivity contribution in [1.82, 2.24) is 4.90 Å². The summed E-state index contributed by atoms with van der Waals surface area (Å²) in [7, 11) is 1.65. The van der Waals surface area contributed by atoms with Gasteiger partial charge < -0.3 is 15.3 Å². The minimum absolute atomic E-state index is 0.0302. The fourth-order valence-electron chi connectivity index (χ4n) is 2.09. The summed E-state index contributed by atoms with van der Waals surface area (Å²) >= 11 is 0. The summed E-state index contributed by atoms with van der Waals surface area (Å²) in [6, 6.07) is 2.85. The number of carbonyl (C=O) groups is 2. The first-order valence-corrected chi connectivity index (χ1v) is 6.47. The molecule has 6 heteroatoms. The fourth-order valence-corrected chi connectivity index (χ4v) is 2.09. The van der Waals surface area contributed by atoms with E-state index in [1.54, 1.807) is 7.05 Å². The molecular formula is C14H17FN2O3. The van der Waals surface area contributed by atoms with Crippen molar-refractivity contribution in [1.29, 1.82) is 0 Å². The van der Waals surface area contributed by atoms with Crippen LogP contribution >= 0.6 is 0 Å². The first-order chi connectivity index (χ1) is 9.40. The molecule has 5 nitrogen and oxygen atoms in total. The zero-order valence-electron chi connectivity index (χ0n) is 11.4. The van der Waals surface area contributed by atoms with Crippen molar-refractivity contribution in [3.8, 4) is 0 Å². The molecule has 0 radical (unpaired) electrons. The SMILES string of the molecule is CC(C1CC1)N(C)C(=O)Nc1cc(F)ccc1C(=O)O. The van der Waals surface area contributed by atoms with Crippen LogP contribution in [0.3, 0.4) is 0 Å². The zero-order valence-corrected chi connectivity index (χ0v) is 11.4. The third-order valence-electron chi connectivity index (χ3n) is 3.69. The number of anilines is 1. The molecule has 0 spiro atoms. The second-order valence-corrected chi connectivity index (χ2v) is 5.11. The Morgan fingerprint density at radius 1 is 1.45 bits per heavy atom. The molecule has 0 heterocycles. The predicted molar refractivity (Wildman–Crippen MR) is 72.3 cm³/mol. The van der Waals surface area contributed by atoms with Crippen molar-refractivity contribution in [2.24, 2.45) is 5.92 Å². The molecule has 1 atom stereocenters. The number of nitrogens with zero attached hydrogens (tertiary/aromatic N) is 1. The van der Waals surface area contributed by atoms with Gasteiger partial charge in [-0.3, -0.25) is 0 Å². The van der Waals surface area contributed by atoms with E-state index in [1.807, 2.05) is 6.92 Å². The summed E-state index contributed by atoms with van der Waals surface area (Å²) in [6.45, 7) is 1.95. The van der Waals surface area contributed by atoms with Crippen LogP contribution in [0.5, 0.6) is 0 Å². The Morgan fingerprint density at radius 2 is 2.10 bits per heavy atom. The maximum absolute atomic E-state index is 13.2. The molecule has 1 aromatic carbocycles. The fraction of sp³-hybridized carbons (Fsp3) is 0.429. The molecule has 2 N–H and O–H groups in total. The highest BCUT2D eigenvalue weighted by molar-refractivity contribution is 6.00. The van der Waals surface area contributed by atoms with E-state index < -0.39 is 17.8 Å². The van der Waals surface area contributed by atoms with Gasteiger partial charge in [-0.2, -0.15) is 0 Å². The van der Waals surface area contributed by atoms with Crippen LogP contribution in [0.2, 0.25) is 0 Å². The predicted octanol–water partition coefficient (Wildman–Crippen LogP) is 2.79. The number of carbonyl (C=O) groups excluding carboxylic acids is 1. The Kier molecular flexibility index (Phi) is 3.92. The lowest BCUT2D eigenvalue weighted by Gasteiger charge is -2.25. The molecule has 108 valence electrons. The number of amides is 2. The second kappa shape index (κ2) is 5.48. The molecule has 1 aromatic rings. The third-order valence-corrected chi connectivity index (χ3v) is 3.69. The minimum Gasteiger partial charge on any atom is -0.478 e. The van der Waals surface area contributed by atoms with E-state index >= 15 is 0 Å². The van der Waals surface area contributed by atoms with Gasteiger partial charge >= 0.3 is 12.0 Å². The molecule has 0 aliphatic heterocycles. The van der Waals surface area contributed by atoms with E-state index in [0.29, 0.717) is 5.92 Å². The van der Waals surface area contributed by atoms with E-state index in [2.05, 4.69) is 5.32 Å². The summed E-state index contributed by atoms with van der Waals surface area (Å²) in [5, 5.41) is 11.5. The van der Waals surface area contributed by atoms with Gasteiger partial charge in [0.05, 0.1) is 11.3 Å². The lowest BCUT2D eigenvalue weighted by atomic mass is 10.1. The van der Waals surface area contributed by atoms with Crippen molar-refractivity contribution >= 4 is 17.7 Å². The second-order valence-electron chi connectivity index (χ2n) is 5.11. The van der Waals surface area contributed by atoms with Crippen LogP contribution in [0.1, 0.15) is 30.1 Å². The number of rotatable bonds is 4. The average Bonchev–Trinajstić information content (AvgIpc) is 3.20. The standard InChI is InChI=1S/C14H17FN2O3/c1-8(9-3-4-9)17(2)14(20)16-12-7-10(15)5-6-11(12)13(18)19/h5-9H,3-4H2,1-2H3,(H,16,20)(H,18,19). The van der Waals surface area contributed by atoms with Gasteiger partial charge in [0.25, 0.3) is 0 Å². The Morgan fingerprint density at radius 3 is 2.65 bits per heavy atom. The maximum atomic E-state index is 13.2. The number of benzene rings is 1. The summed E-state index contributed by atoms with van der Waals surface area (Å²) in [5.74, 6) is -1.31. The van der Waals surface area contributed by atoms with Gasteiger partial charge in [-0.1, -0.05) is 0 Å². The first-order valence-electron chi connectivity index (χ1n) is 6.47. The van der Waals surface area contributed by atoms with Crippen LogP contribution in [-0.2, 0) is 0 Å². The Hall–Kier alpha value is -2.11. The summed E-state index contributed by atoms with van der Waals surface area (Å²) in [6.07, 6.45) is 2.19. The first kappa shape index (κ1) is 14.3. The number of carboxylic acid groups (broad SMARTS) is 1. The van der Waals surface area contributed by atoms with E-state index in [0.717, 1.165) is 31.0 Å². The molecule has 1 aliphatic rings. The summed E-state index contributed by atoms with van der Waals surface area (Å²) in [4.78, 5) is 24.6. The summed E-state index contributed by atoms with van der Waals surface area (Å²) < 4.78 is 13.2. The number of urea groups is 1. The van der Waals surface area contributed by atoms with Crippen LogP contribution in [0.25, 0.3) is 0 Å². The number of aromatic carboxylic acids is 1. The van der Waals surface area contributed by atoms with Gasteiger partial charge in [0.1, 0.15) is 5.82 Å². The average molecular weight is 280 g/mol. The van der Waals surface area contributed by atoms with Crippen molar-refractivity contribution in [3.05, 3.63) is 29.6 Å². The normalized spacial score (nSPS) is 15.6. The van der Waals surface area contributed by atoms with Gasteiger partial charge in [-0.25, -0.2) is 14.0 Å². The van der Waals surface area contributed by atoms with Crippen LogP contribution in [0, 0.1) is 11.7 Å². The van der Waals surface area contributed by atoms with Crippen LogP contribution < -0.4 is 5.32 Å². The molecule has 0 saturated heterocycles. The Labute approximate surface area is 116 Å². The molecule has 1 aliphatic carbocycles. The molecule has 2 rings (SSSR count). The summed E-state index contributed by atoms with van der Waals surface area (Å²) in [5.41, 5.74) is -0.162. The third kappa shape index (κ3) is 3.07. The molecule has 1 saturated carbocycles. The largest absolute Gasteiger partial charge is 0.478 e. The van der Waals surface area contributed by atoms with Crippen molar-refractivity contribution in [2.45, 2.75) is 25.8 Å². The topological polar surface area (TPSA) is 69.6 Å². The number of nitrogens with one attached hydrogen (secondary N) is 1. The van der Waals surface area contributed by atoms with Crippen LogP contribution in [0.15, 0.2) is 18.2 Å². The smallest absolute Gasteiger partial charge is 0.337 e. The van der Waals surface area contributed by atoms with Gasteiger partial charge in [0.15, 0.2) is 0 Å². The Balaban J connectivity index is 2.14. The number of hydrogen-bond acceptors (Lipinski definition) is 2. The van der Waals surface area contributed by atoms with Crippen molar-refractivity contribution in [2.75, 3.05) is 12.4 Å². The van der Waals surface area contributed by atoms with E-state index in [9.17, 15) is 14.0 Å². The lowest BCUT2D eigenvalue weighted by Crippen LogP contribution is -2.39. The maximum Gasteiger partial charge on any atom is 0.337 e. The van der Waals surface area contributed by atoms with Crippen molar-refractivity contribution < 1.29 is 19.1 Å². The number of hydrogen-bond donors (Lipinski definition) is 2. The minimum atomic E-state index is -1.21. The molecule has 1 fully saturated rings. The lowest BCUT2D eigenvalue weighted by molar-refractivity contribution is 0.0698. The molecule has 0 aromatic heterocycles. The highest BCUT2D eigenvalue weighted by Gasteiger charge is 2.32. The van der Waals surface area contributed by atoms with Crippen LogP contribution in [0.4, 0.5) is 14.9 Å². The quantitative estimate of drug-likeness (QED) is 0.891. The molecule has 1 unspecified atom stereocenters. The van der Waals surface area contributed by atoms with Gasteiger partial charge in [0, 0.05) is 13.1 Å². The van der Waals surface area contributed by atoms with E-state index in [-0.39, 0.29) is 17.3 Å². The number of halogens is 1. The zero-order chi connectivity index (χ0) is 14.9. The van der Waals surface area contributed by atoms with E-state index in [1.165, 1.54) is 4.90 Å². The molecule has 2 amide bonds. The molecular weight excluding hydrogens is 263 g/mol. The molecule has 0 bridgehead atoms. The number of carboxylic acids is 1. The Bertz CT molecular complexity index is 543. The highest BCUT2D eigenvalue weighted by Crippen LogP contribution is 2.34. The monoisotopic (exact) mass is 280 g/mol. The van der Waals surface area contributed by atoms with Crippen LogP contribution in [-0.4, -0.2) is 35.1 Å². The van der Waals surface area contributed by atoms with Gasteiger partial charge in [0.2, 0.25) is 0 Å². The van der Waals surface area contributed by atoms with Gasteiger partial charge in [-0.05, 0) is 43.9 Å². The van der Waals surface area contributed by atoms with E-state index in [4.69, 9.17) is 5.11 Å². The van der Waals surface area contributed by atoms with Crippen molar-refractivity contribution in [3.63, 3.8) is 0 Å².